The number of aliphatic hydroxyl groups excluding tert-OH is 3. The molecule has 18 heavy (non-hydrogen) atoms. The van der Waals surface area contributed by atoms with Crippen LogP contribution in [-0.4, -0.2) is 54.8 Å². The molecular weight excluding hydrogens is 250 g/mol. The smallest absolute Gasteiger partial charge is 0.335 e. The van der Waals surface area contributed by atoms with E-state index in [2.05, 4.69) is 0 Å². The second kappa shape index (κ2) is 4.49. The molecule has 0 spiro atoms. The van der Waals surface area contributed by atoms with Gasteiger partial charge in [-0.25, -0.2) is 19.0 Å². The van der Waals surface area contributed by atoms with Crippen LogP contribution in [-0.2, 0) is 4.74 Å². The molecule has 0 aliphatic carbocycles. The van der Waals surface area contributed by atoms with Crippen LogP contribution in [0.2, 0.25) is 0 Å². The lowest BCUT2D eigenvalue weighted by Crippen LogP contribution is -2.47. The van der Waals surface area contributed by atoms with Crippen molar-refractivity contribution in [1.29, 1.82) is 0 Å². The van der Waals surface area contributed by atoms with Crippen LogP contribution >= 0.6 is 0 Å². The van der Waals surface area contributed by atoms with Crippen molar-refractivity contribution in [3.63, 3.8) is 0 Å². The standard InChI is InChI=1S/C8H11N3O7/c12-1-2-3(13)4(14)5(18-2)11-7(16)9-6(15)10-8(11)17/h2-5,12-14H,1H2,(H2,9,10,15,16,17)/t2-,3-,4+,5-/m1/s1. The van der Waals surface area contributed by atoms with Gasteiger partial charge in [-0.15, -0.1) is 0 Å². The summed E-state index contributed by atoms with van der Waals surface area (Å²) in [4.78, 5) is 37.3. The highest BCUT2D eigenvalue weighted by atomic mass is 16.6. The molecule has 0 saturated carbocycles. The Hall–Kier alpha value is -1.75. The van der Waals surface area contributed by atoms with E-state index in [9.17, 15) is 24.6 Å². The second-order valence-corrected chi connectivity index (χ2v) is 3.79. The van der Waals surface area contributed by atoms with E-state index in [0.29, 0.717) is 4.57 Å². The number of H-pyrrole nitrogens is 2. The second-order valence-electron chi connectivity index (χ2n) is 3.79. The number of aromatic amines is 2. The predicted octanol–water partition coefficient (Wildman–Crippen LogP) is -4.16. The van der Waals surface area contributed by atoms with Crippen LogP contribution in [0.25, 0.3) is 0 Å². The molecule has 2 heterocycles. The maximum atomic E-state index is 11.4. The maximum absolute atomic E-state index is 11.4. The van der Waals surface area contributed by atoms with E-state index in [1.807, 2.05) is 0 Å². The van der Waals surface area contributed by atoms with Crippen molar-refractivity contribution in [3.05, 3.63) is 31.5 Å². The van der Waals surface area contributed by atoms with Gasteiger partial charge >= 0.3 is 17.1 Å². The molecule has 1 aliphatic rings. The van der Waals surface area contributed by atoms with Crippen molar-refractivity contribution < 1.29 is 20.1 Å². The summed E-state index contributed by atoms with van der Waals surface area (Å²) in [6.07, 6.45) is -5.63. The first-order valence-corrected chi connectivity index (χ1v) is 5.03. The molecule has 5 N–H and O–H groups in total. The highest BCUT2D eigenvalue weighted by molar-refractivity contribution is 4.90. The third kappa shape index (κ3) is 1.90. The number of nitrogens with zero attached hydrogens (tertiary/aromatic N) is 1. The largest absolute Gasteiger partial charge is 0.394 e. The monoisotopic (exact) mass is 261 g/mol. The van der Waals surface area contributed by atoms with Crippen molar-refractivity contribution in [2.45, 2.75) is 24.5 Å². The Morgan fingerprint density at radius 3 is 2.11 bits per heavy atom. The quantitative estimate of drug-likeness (QED) is 0.361. The fourth-order valence-electron chi connectivity index (χ4n) is 1.76. The molecule has 0 radical (unpaired) electrons. The summed E-state index contributed by atoms with van der Waals surface area (Å²) < 4.78 is 5.42. The molecule has 0 bridgehead atoms. The fourth-order valence-corrected chi connectivity index (χ4v) is 1.76. The van der Waals surface area contributed by atoms with Gasteiger partial charge < -0.3 is 20.1 Å². The number of aliphatic hydroxyl groups is 3. The van der Waals surface area contributed by atoms with E-state index in [1.165, 1.54) is 0 Å². The molecule has 10 heteroatoms. The minimum absolute atomic E-state index is 0.422. The van der Waals surface area contributed by atoms with E-state index in [4.69, 9.17) is 9.84 Å². The zero-order valence-corrected chi connectivity index (χ0v) is 8.94. The van der Waals surface area contributed by atoms with Gasteiger partial charge in [0, 0.05) is 0 Å². The van der Waals surface area contributed by atoms with Crippen LogP contribution in [0.15, 0.2) is 14.4 Å². The Morgan fingerprint density at radius 2 is 1.67 bits per heavy atom. The first-order chi connectivity index (χ1) is 8.45. The van der Waals surface area contributed by atoms with Crippen molar-refractivity contribution in [3.8, 4) is 0 Å². The topological polar surface area (TPSA) is 158 Å². The Bertz CT molecular complexity index is 567. The van der Waals surface area contributed by atoms with Crippen LogP contribution in [0.1, 0.15) is 6.23 Å². The third-order valence-corrected chi connectivity index (χ3v) is 2.65. The van der Waals surface area contributed by atoms with Gasteiger partial charge in [0.25, 0.3) is 0 Å². The molecule has 100 valence electrons. The number of hydrogen-bond donors (Lipinski definition) is 5. The van der Waals surface area contributed by atoms with Crippen LogP contribution in [0.4, 0.5) is 0 Å². The van der Waals surface area contributed by atoms with Gasteiger partial charge in [0.2, 0.25) is 0 Å². The van der Waals surface area contributed by atoms with Crippen LogP contribution in [0.5, 0.6) is 0 Å². The van der Waals surface area contributed by atoms with Gasteiger partial charge in [-0.3, -0.25) is 9.97 Å². The molecule has 0 unspecified atom stereocenters. The molecule has 1 aliphatic heterocycles. The molecule has 4 atom stereocenters. The molecule has 10 nitrogen and oxygen atoms in total. The minimum atomic E-state index is -1.58. The summed E-state index contributed by atoms with van der Waals surface area (Å²) >= 11 is 0. The van der Waals surface area contributed by atoms with Gasteiger partial charge in [-0.2, -0.15) is 0 Å². The summed E-state index contributed by atoms with van der Waals surface area (Å²) in [7, 11) is 0. The van der Waals surface area contributed by atoms with Crippen LogP contribution in [0.3, 0.4) is 0 Å². The van der Waals surface area contributed by atoms with E-state index in [1.54, 1.807) is 9.97 Å². The summed E-state index contributed by atoms with van der Waals surface area (Å²) in [5, 5.41) is 28.0. The summed E-state index contributed by atoms with van der Waals surface area (Å²) in [6, 6.07) is 0. The number of hydrogen-bond acceptors (Lipinski definition) is 7. The first-order valence-electron chi connectivity index (χ1n) is 5.03. The third-order valence-electron chi connectivity index (χ3n) is 2.65. The van der Waals surface area contributed by atoms with Gasteiger partial charge in [-0.05, 0) is 0 Å². The molecular formula is C8H11N3O7. The molecule has 2 rings (SSSR count). The molecule has 0 aromatic carbocycles. The predicted molar refractivity (Wildman–Crippen MR) is 55.0 cm³/mol. The van der Waals surface area contributed by atoms with Crippen LogP contribution < -0.4 is 17.1 Å². The van der Waals surface area contributed by atoms with Gasteiger partial charge in [0.15, 0.2) is 6.23 Å². The highest BCUT2D eigenvalue weighted by Gasteiger charge is 2.44. The first kappa shape index (κ1) is 12.7. The Kier molecular flexibility index (Phi) is 3.17. The number of aromatic nitrogens is 3. The van der Waals surface area contributed by atoms with Crippen molar-refractivity contribution >= 4 is 0 Å². The van der Waals surface area contributed by atoms with Gasteiger partial charge in [-0.1, -0.05) is 0 Å². The number of rotatable bonds is 2. The minimum Gasteiger partial charge on any atom is -0.394 e. The summed E-state index contributed by atoms with van der Waals surface area (Å²) in [6.45, 7) is -0.593. The number of nitrogens with one attached hydrogen (secondary N) is 2. The lowest BCUT2D eigenvalue weighted by Gasteiger charge is -2.15. The highest BCUT2D eigenvalue weighted by Crippen LogP contribution is 2.26. The Balaban J connectivity index is 2.48. The molecule has 1 aromatic heterocycles. The molecule has 0 amide bonds. The van der Waals surface area contributed by atoms with E-state index in [0.717, 1.165) is 0 Å². The Morgan fingerprint density at radius 1 is 1.11 bits per heavy atom. The fraction of sp³-hybridized carbons (Fsp3) is 0.625. The van der Waals surface area contributed by atoms with E-state index < -0.39 is 48.2 Å². The van der Waals surface area contributed by atoms with Gasteiger partial charge in [0.05, 0.1) is 6.61 Å². The lowest BCUT2D eigenvalue weighted by atomic mass is 10.1. The van der Waals surface area contributed by atoms with Crippen molar-refractivity contribution in [2.24, 2.45) is 0 Å². The zero-order valence-electron chi connectivity index (χ0n) is 8.94. The average molecular weight is 261 g/mol. The van der Waals surface area contributed by atoms with Gasteiger partial charge in [0.1, 0.15) is 18.3 Å². The molecule has 1 saturated heterocycles. The van der Waals surface area contributed by atoms with E-state index in [-0.39, 0.29) is 0 Å². The van der Waals surface area contributed by atoms with E-state index >= 15 is 0 Å². The summed E-state index contributed by atoms with van der Waals surface area (Å²) in [5.41, 5.74) is -3.16. The average Bonchev–Trinajstić information content (AvgIpc) is 2.56. The van der Waals surface area contributed by atoms with Crippen LogP contribution in [0, 0.1) is 0 Å². The zero-order chi connectivity index (χ0) is 13.4. The Labute approximate surface area is 98.1 Å². The lowest BCUT2D eigenvalue weighted by molar-refractivity contribution is -0.0572. The van der Waals surface area contributed by atoms with Crippen molar-refractivity contribution in [1.82, 2.24) is 14.5 Å². The molecule has 1 aromatic rings. The van der Waals surface area contributed by atoms with Crippen molar-refractivity contribution in [2.75, 3.05) is 6.61 Å². The summed E-state index contributed by atoms with van der Waals surface area (Å²) in [5.74, 6) is 0. The maximum Gasteiger partial charge on any atom is 0.335 e. The normalized spacial score (nSPS) is 31.7. The molecule has 1 fully saturated rings. The number of ether oxygens (including phenoxy) is 1. The SMILES string of the molecule is O=c1[nH]c(=O)n([C@@H]2O[C@H](CO)[C@@H](O)[C@@H]2O)c(=O)[nH]1.